The number of likely N-dealkylation sites (tertiary alicyclic amines) is 1. The fourth-order valence-electron chi connectivity index (χ4n) is 3.73. The van der Waals surface area contributed by atoms with Gasteiger partial charge in [-0.15, -0.1) is 11.8 Å². The van der Waals surface area contributed by atoms with Crippen LogP contribution in [0.2, 0.25) is 0 Å². The smallest absolute Gasteiger partial charge is 0.311 e. The maximum atomic E-state index is 12.4. The van der Waals surface area contributed by atoms with Crippen molar-refractivity contribution in [2.45, 2.75) is 24.2 Å². The molecule has 1 aromatic rings. The van der Waals surface area contributed by atoms with E-state index >= 15 is 0 Å². The largest absolute Gasteiger partial charge is 0.481 e. The number of nitro benzene ring substituents is 1. The number of aliphatic carboxylic acids is 1. The van der Waals surface area contributed by atoms with Crippen molar-refractivity contribution < 1.29 is 19.6 Å². The minimum absolute atomic E-state index is 0.0152. The number of carboxylic acids is 1. The van der Waals surface area contributed by atoms with Gasteiger partial charge < -0.3 is 10.0 Å². The van der Waals surface area contributed by atoms with Crippen LogP contribution in [0.25, 0.3) is 0 Å². The number of carbonyl (C=O) groups is 2. The molecule has 2 atom stereocenters. The molecule has 1 saturated heterocycles. The van der Waals surface area contributed by atoms with E-state index in [4.69, 9.17) is 0 Å². The Bertz CT molecular complexity index is 678. The Hall–Kier alpha value is -2.09. The summed E-state index contributed by atoms with van der Waals surface area (Å²) in [7, 11) is 0. The molecule has 2 fully saturated rings. The van der Waals surface area contributed by atoms with Crippen molar-refractivity contribution in [3.8, 4) is 0 Å². The number of hydrogen-bond donors (Lipinski definition) is 1. The number of carbonyl (C=O) groups excluding carboxylic acids is 1. The molecular formula is C16H18N2O5S. The quantitative estimate of drug-likeness (QED) is 0.497. The Morgan fingerprint density at radius 2 is 2.08 bits per heavy atom. The average Bonchev–Trinajstić information content (AvgIpc) is 3.11. The van der Waals surface area contributed by atoms with E-state index < -0.39 is 16.3 Å². The predicted octanol–water partition coefficient (Wildman–Crippen LogP) is 2.40. The summed E-state index contributed by atoms with van der Waals surface area (Å²) in [5.74, 6) is -0.597. The maximum Gasteiger partial charge on any atom is 0.311 e. The molecule has 0 bridgehead atoms. The van der Waals surface area contributed by atoms with Gasteiger partial charge in [0.25, 0.3) is 5.69 Å². The number of amides is 1. The van der Waals surface area contributed by atoms with E-state index in [1.807, 2.05) is 0 Å². The number of rotatable bonds is 5. The summed E-state index contributed by atoms with van der Waals surface area (Å²) >= 11 is 1.31. The van der Waals surface area contributed by atoms with Crippen LogP contribution in [-0.4, -0.2) is 45.6 Å². The Balaban J connectivity index is 1.58. The number of hydrogen-bond acceptors (Lipinski definition) is 5. The molecule has 1 heterocycles. The molecule has 1 aromatic carbocycles. The summed E-state index contributed by atoms with van der Waals surface area (Å²) in [6.45, 7) is 0.818. The second-order valence-electron chi connectivity index (χ2n) is 6.36. The lowest BCUT2D eigenvalue weighted by molar-refractivity contribution is -0.384. The van der Waals surface area contributed by atoms with Gasteiger partial charge >= 0.3 is 5.97 Å². The third-order valence-electron chi connectivity index (χ3n) is 5.06. The van der Waals surface area contributed by atoms with Crippen LogP contribution >= 0.6 is 11.8 Å². The van der Waals surface area contributed by atoms with Gasteiger partial charge in [-0.1, -0.05) is 6.42 Å². The molecular weight excluding hydrogens is 332 g/mol. The maximum absolute atomic E-state index is 12.4. The highest BCUT2D eigenvalue weighted by molar-refractivity contribution is 8.00. The SMILES string of the molecule is O=C(CSc1ccc([N+](=O)[O-])cc1)N1C[C@@H]2CCC[C@@]2(C(=O)O)C1. The molecule has 1 N–H and O–H groups in total. The molecule has 128 valence electrons. The molecule has 0 aromatic heterocycles. The summed E-state index contributed by atoms with van der Waals surface area (Å²) in [4.78, 5) is 36.6. The van der Waals surface area contributed by atoms with Crippen LogP contribution in [0.4, 0.5) is 5.69 Å². The highest BCUT2D eigenvalue weighted by atomic mass is 32.2. The third-order valence-corrected chi connectivity index (χ3v) is 6.06. The summed E-state index contributed by atoms with van der Waals surface area (Å²) in [6, 6.07) is 6.06. The van der Waals surface area contributed by atoms with Gasteiger partial charge in [0.05, 0.1) is 16.1 Å². The van der Waals surface area contributed by atoms with Crippen LogP contribution in [-0.2, 0) is 9.59 Å². The van der Waals surface area contributed by atoms with Gasteiger partial charge in [0.2, 0.25) is 5.91 Å². The number of thioether (sulfide) groups is 1. The highest BCUT2D eigenvalue weighted by Crippen LogP contribution is 2.49. The monoisotopic (exact) mass is 350 g/mol. The van der Waals surface area contributed by atoms with E-state index in [0.717, 1.165) is 17.7 Å². The second kappa shape index (κ2) is 6.43. The van der Waals surface area contributed by atoms with Crippen LogP contribution < -0.4 is 0 Å². The van der Waals surface area contributed by atoms with Gasteiger partial charge in [0.1, 0.15) is 0 Å². The molecule has 1 saturated carbocycles. The standard InChI is InChI=1S/C16H18N2O5S/c19-14(9-24-13-5-3-12(4-6-13)18(22)23)17-8-11-2-1-7-16(11,10-17)15(20)21/h3-6,11H,1-2,7-10H2,(H,20,21)/t11-,16+/m0/s1. The first kappa shape index (κ1) is 16.8. The first-order chi connectivity index (χ1) is 11.4. The van der Waals surface area contributed by atoms with Crippen molar-refractivity contribution >= 4 is 29.3 Å². The van der Waals surface area contributed by atoms with E-state index in [2.05, 4.69) is 0 Å². The fraction of sp³-hybridized carbons (Fsp3) is 0.500. The van der Waals surface area contributed by atoms with Gasteiger partial charge in [-0.25, -0.2) is 0 Å². The second-order valence-corrected chi connectivity index (χ2v) is 7.41. The van der Waals surface area contributed by atoms with E-state index in [9.17, 15) is 24.8 Å². The Morgan fingerprint density at radius 1 is 1.38 bits per heavy atom. The summed E-state index contributed by atoms with van der Waals surface area (Å²) in [6.07, 6.45) is 2.42. The fourth-order valence-corrected chi connectivity index (χ4v) is 4.53. The first-order valence-corrected chi connectivity index (χ1v) is 8.79. The number of nitro groups is 1. The molecule has 24 heavy (non-hydrogen) atoms. The third kappa shape index (κ3) is 2.98. The van der Waals surface area contributed by atoms with Crippen LogP contribution in [0.5, 0.6) is 0 Å². The number of benzene rings is 1. The zero-order chi connectivity index (χ0) is 17.3. The van der Waals surface area contributed by atoms with Crippen LogP contribution in [0.15, 0.2) is 29.2 Å². The van der Waals surface area contributed by atoms with E-state index in [-0.39, 0.29) is 23.3 Å². The minimum Gasteiger partial charge on any atom is -0.481 e. The Kier molecular flexibility index (Phi) is 4.49. The molecule has 1 amide bonds. The summed E-state index contributed by atoms with van der Waals surface area (Å²) < 4.78 is 0. The molecule has 1 aliphatic carbocycles. The highest BCUT2D eigenvalue weighted by Gasteiger charge is 2.55. The van der Waals surface area contributed by atoms with E-state index in [1.165, 1.54) is 23.9 Å². The lowest BCUT2D eigenvalue weighted by atomic mass is 9.81. The van der Waals surface area contributed by atoms with Gasteiger partial charge in [-0.05, 0) is 30.9 Å². The number of fused-ring (bicyclic) bond motifs is 1. The summed E-state index contributed by atoms with van der Waals surface area (Å²) in [5.41, 5.74) is -0.741. The average molecular weight is 350 g/mol. The summed E-state index contributed by atoms with van der Waals surface area (Å²) in [5, 5.41) is 20.2. The Morgan fingerprint density at radius 3 is 2.67 bits per heavy atom. The van der Waals surface area contributed by atoms with Crippen LogP contribution in [0.3, 0.4) is 0 Å². The number of nitrogens with zero attached hydrogens (tertiary/aromatic N) is 2. The topological polar surface area (TPSA) is 101 Å². The van der Waals surface area contributed by atoms with Crippen molar-refractivity contribution in [2.75, 3.05) is 18.8 Å². The molecule has 0 unspecified atom stereocenters. The van der Waals surface area contributed by atoms with Crippen LogP contribution in [0, 0.1) is 21.4 Å². The molecule has 7 nitrogen and oxygen atoms in total. The normalized spacial score (nSPS) is 25.5. The van der Waals surface area contributed by atoms with Crippen molar-refractivity contribution in [3.05, 3.63) is 34.4 Å². The van der Waals surface area contributed by atoms with Crippen LogP contribution in [0.1, 0.15) is 19.3 Å². The number of carboxylic acid groups (broad SMARTS) is 1. The van der Waals surface area contributed by atoms with E-state index in [1.54, 1.807) is 17.0 Å². The molecule has 3 rings (SSSR count). The minimum atomic E-state index is -0.789. The Labute approximate surface area is 143 Å². The molecule has 2 aliphatic rings. The van der Waals surface area contributed by atoms with Gasteiger partial charge in [-0.3, -0.25) is 19.7 Å². The van der Waals surface area contributed by atoms with Crippen molar-refractivity contribution in [2.24, 2.45) is 11.3 Å². The predicted molar refractivity (Wildman–Crippen MR) is 87.8 cm³/mol. The van der Waals surface area contributed by atoms with Gasteiger partial charge in [0, 0.05) is 30.1 Å². The first-order valence-electron chi connectivity index (χ1n) is 7.81. The zero-order valence-corrected chi connectivity index (χ0v) is 13.8. The van der Waals surface area contributed by atoms with Gasteiger partial charge in [0.15, 0.2) is 0 Å². The molecule has 0 radical (unpaired) electrons. The zero-order valence-electron chi connectivity index (χ0n) is 13.0. The van der Waals surface area contributed by atoms with Crippen molar-refractivity contribution in [1.82, 2.24) is 4.90 Å². The van der Waals surface area contributed by atoms with E-state index in [0.29, 0.717) is 19.5 Å². The van der Waals surface area contributed by atoms with Crippen molar-refractivity contribution in [1.29, 1.82) is 0 Å². The number of non-ortho nitro benzene ring substituents is 1. The lowest BCUT2D eigenvalue weighted by Gasteiger charge is -2.23. The van der Waals surface area contributed by atoms with Gasteiger partial charge in [-0.2, -0.15) is 0 Å². The molecule has 8 heteroatoms. The van der Waals surface area contributed by atoms with Crippen molar-refractivity contribution in [3.63, 3.8) is 0 Å². The molecule has 1 aliphatic heterocycles. The molecule has 0 spiro atoms. The lowest BCUT2D eigenvalue weighted by Crippen LogP contribution is -2.37.